The summed E-state index contributed by atoms with van der Waals surface area (Å²) in [4.78, 5) is 11.1. The lowest BCUT2D eigenvalue weighted by Crippen LogP contribution is -1.98. The predicted molar refractivity (Wildman–Crippen MR) is 106 cm³/mol. The minimum atomic E-state index is -0.911. The van der Waals surface area contributed by atoms with E-state index in [0.717, 1.165) is 29.9 Å². The van der Waals surface area contributed by atoms with Gasteiger partial charge in [-0.1, -0.05) is 70.9 Å². The zero-order valence-electron chi connectivity index (χ0n) is 16.4. The first-order valence-electron chi connectivity index (χ1n) is 9.43. The molecule has 0 saturated carbocycles. The molecule has 1 N–H and O–H groups in total. The van der Waals surface area contributed by atoms with Crippen LogP contribution in [0.25, 0.3) is 0 Å². The van der Waals surface area contributed by atoms with Crippen LogP contribution in [0.1, 0.15) is 81.3 Å². The van der Waals surface area contributed by atoms with Crippen molar-refractivity contribution in [2.75, 3.05) is 0 Å². The molecule has 0 aliphatic carbocycles. The van der Waals surface area contributed by atoms with Crippen molar-refractivity contribution < 1.29 is 9.90 Å². The number of carboxylic acid groups (broad SMARTS) is 1. The van der Waals surface area contributed by atoms with Crippen molar-refractivity contribution in [1.29, 1.82) is 0 Å². The average Bonchev–Trinajstić information content (AvgIpc) is 2.58. The van der Waals surface area contributed by atoms with Gasteiger partial charge in [-0.2, -0.15) is 0 Å². The Labute approximate surface area is 153 Å². The molecule has 0 amide bonds. The number of aromatic carboxylic acids is 1. The smallest absolute Gasteiger partial charge is 0.335 e. The van der Waals surface area contributed by atoms with Crippen molar-refractivity contribution >= 4 is 5.97 Å². The molecule has 0 heterocycles. The molecule has 0 saturated heterocycles. The van der Waals surface area contributed by atoms with Gasteiger partial charge in [0.1, 0.15) is 0 Å². The second kappa shape index (κ2) is 10.8. The zero-order chi connectivity index (χ0) is 18.8. The summed E-state index contributed by atoms with van der Waals surface area (Å²) in [7, 11) is 0. The van der Waals surface area contributed by atoms with Gasteiger partial charge < -0.3 is 5.11 Å². The van der Waals surface area contributed by atoms with Crippen LogP contribution in [0.4, 0.5) is 0 Å². The minimum absolute atomic E-state index is 0.290. The van der Waals surface area contributed by atoms with E-state index in [2.05, 4.69) is 45.6 Å². The fourth-order valence-electron chi connectivity index (χ4n) is 2.67. The number of hydrogen-bond donors (Lipinski definition) is 1. The molecule has 2 nitrogen and oxygen atoms in total. The summed E-state index contributed by atoms with van der Waals surface area (Å²) in [6, 6.07) is 5.12. The first-order chi connectivity index (χ1) is 11.9. The number of benzene rings is 1. The largest absolute Gasteiger partial charge is 0.478 e. The van der Waals surface area contributed by atoms with Crippen LogP contribution in [0.3, 0.4) is 0 Å². The molecular weight excluding hydrogens is 308 g/mol. The van der Waals surface area contributed by atoms with Crippen LogP contribution >= 0.6 is 0 Å². The third-order valence-corrected chi connectivity index (χ3v) is 4.66. The molecule has 2 atom stereocenters. The third-order valence-electron chi connectivity index (χ3n) is 4.66. The number of aryl methyl sites for hydroxylation is 1. The van der Waals surface area contributed by atoms with Crippen molar-refractivity contribution in [3.8, 4) is 11.8 Å². The molecule has 1 aromatic rings. The lowest BCUT2D eigenvalue weighted by Gasteiger charge is -2.12. The summed E-state index contributed by atoms with van der Waals surface area (Å²) < 4.78 is 0. The van der Waals surface area contributed by atoms with Crippen LogP contribution in [0.5, 0.6) is 0 Å². The van der Waals surface area contributed by atoms with Crippen molar-refractivity contribution in [2.45, 2.75) is 66.7 Å². The average molecular weight is 341 g/mol. The lowest BCUT2D eigenvalue weighted by molar-refractivity contribution is 0.0697. The molecule has 0 spiro atoms. The topological polar surface area (TPSA) is 37.3 Å². The summed E-state index contributed by atoms with van der Waals surface area (Å²) >= 11 is 0. The highest BCUT2D eigenvalue weighted by Gasteiger charge is 2.06. The first kappa shape index (κ1) is 21.0. The number of allylic oxidation sites excluding steroid dienone is 2. The van der Waals surface area contributed by atoms with Gasteiger partial charge in [0.25, 0.3) is 0 Å². The molecule has 1 aromatic carbocycles. The fraction of sp³-hybridized carbons (Fsp3) is 0.522. The van der Waals surface area contributed by atoms with Gasteiger partial charge in [0.05, 0.1) is 5.56 Å². The van der Waals surface area contributed by atoms with E-state index >= 15 is 0 Å². The summed E-state index contributed by atoms with van der Waals surface area (Å²) in [5.74, 6) is 6.88. The van der Waals surface area contributed by atoms with Crippen LogP contribution in [0, 0.1) is 30.6 Å². The maximum atomic E-state index is 11.1. The Bertz CT molecular complexity index is 658. The molecule has 2 heteroatoms. The molecular formula is C23H32O2. The molecule has 0 radical (unpaired) electrons. The summed E-state index contributed by atoms with van der Waals surface area (Å²) in [5.41, 5.74) is 3.27. The summed E-state index contributed by atoms with van der Waals surface area (Å²) in [5, 5.41) is 9.15. The molecule has 25 heavy (non-hydrogen) atoms. The fourth-order valence-corrected chi connectivity index (χ4v) is 2.67. The number of hydrogen-bond acceptors (Lipinski definition) is 1. The third kappa shape index (κ3) is 7.61. The van der Waals surface area contributed by atoms with Crippen LogP contribution in [0.15, 0.2) is 29.8 Å². The second-order valence-electron chi connectivity index (χ2n) is 7.09. The van der Waals surface area contributed by atoms with Crippen molar-refractivity contribution in [1.82, 2.24) is 0 Å². The van der Waals surface area contributed by atoms with Crippen LogP contribution in [-0.2, 0) is 0 Å². The highest BCUT2D eigenvalue weighted by molar-refractivity contribution is 5.88. The molecule has 1 rings (SSSR count). The highest BCUT2D eigenvalue weighted by Crippen LogP contribution is 2.18. The minimum Gasteiger partial charge on any atom is -0.478 e. The van der Waals surface area contributed by atoms with Crippen LogP contribution in [0.2, 0.25) is 0 Å². The maximum Gasteiger partial charge on any atom is 0.335 e. The monoisotopic (exact) mass is 340 g/mol. The van der Waals surface area contributed by atoms with E-state index in [0.29, 0.717) is 5.92 Å². The van der Waals surface area contributed by atoms with Crippen molar-refractivity contribution in [3.05, 3.63) is 46.5 Å². The van der Waals surface area contributed by atoms with Gasteiger partial charge in [-0.3, -0.25) is 0 Å². The molecule has 0 aliphatic heterocycles. The Kier molecular flexibility index (Phi) is 9.06. The summed E-state index contributed by atoms with van der Waals surface area (Å²) in [6.45, 7) is 10.9. The Hall–Kier alpha value is -2.01. The molecule has 0 fully saturated rings. The van der Waals surface area contributed by atoms with E-state index in [1.165, 1.54) is 24.8 Å². The zero-order valence-corrected chi connectivity index (χ0v) is 16.4. The number of rotatable bonds is 8. The maximum absolute atomic E-state index is 11.1. The van der Waals surface area contributed by atoms with E-state index in [1.807, 2.05) is 13.0 Å². The van der Waals surface area contributed by atoms with E-state index in [-0.39, 0.29) is 5.56 Å². The van der Waals surface area contributed by atoms with Crippen molar-refractivity contribution in [2.24, 2.45) is 11.8 Å². The van der Waals surface area contributed by atoms with Crippen molar-refractivity contribution in [3.63, 3.8) is 0 Å². The molecule has 0 bridgehead atoms. The van der Waals surface area contributed by atoms with E-state index in [9.17, 15) is 4.79 Å². The van der Waals surface area contributed by atoms with Gasteiger partial charge >= 0.3 is 5.97 Å². The Morgan fingerprint density at radius 2 is 1.96 bits per heavy atom. The van der Waals surface area contributed by atoms with Gasteiger partial charge in [-0.15, -0.1) is 0 Å². The summed E-state index contributed by atoms with van der Waals surface area (Å²) in [6.07, 6.45) is 8.01. The highest BCUT2D eigenvalue weighted by atomic mass is 16.4. The number of carboxylic acids is 1. The van der Waals surface area contributed by atoms with Crippen LogP contribution < -0.4 is 0 Å². The van der Waals surface area contributed by atoms with Gasteiger partial charge in [0, 0.05) is 5.56 Å². The normalized spacial score (nSPS) is 13.7. The van der Waals surface area contributed by atoms with Gasteiger partial charge in [-0.05, 0) is 54.9 Å². The van der Waals surface area contributed by atoms with E-state index in [4.69, 9.17) is 5.11 Å². The Morgan fingerprint density at radius 1 is 1.24 bits per heavy atom. The Morgan fingerprint density at radius 3 is 2.56 bits per heavy atom. The quantitative estimate of drug-likeness (QED) is 0.569. The molecule has 0 aliphatic rings. The van der Waals surface area contributed by atoms with Crippen LogP contribution in [-0.4, -0.2) is 11.1 Å². The molecule has 0 aromatic heterocycles. The van der Waals surface area contributed by atoms with Gasteiger partial charge in [0.2, 0.25) is 0 Å². The molecule has 136 valence electrons. The van der Waals surface area contributed by atoms with E-state index < -0.39 is 5.97 Å². The number of carbonyl (C=O) groups is 1. The predicted octanol–water partition coefficient (Wildman–Crippen LogP) is 6.23. The van der Waals surface area contributed by atoms with Gasteiger partial charge in [-0.25, -0.2) is 4.79 Å². The first-order valence-corrected chi connectivity index (χ1v) is 9.43. The Balaban J connectivity index is 2.95. The van der Waals surface area contributed by atoms with E-state index in [1.54, 1.807) is 12.1 Å². The SMILES string of the molecule is CCCC(C#Cc1cc(C(=O)O)ccc1C)=CC(C)CCC(C)CC. The lowest BCUT2D eigenvalue weighted by atomic mass is 9.94. The molecule has 2 unspecified atom stereocenters. The standard InChI is InChI=1S/C23H32O2/c1-6-8-20(15-18(4)10-9-17(3)7-2)12-14-21-16-22(23(24)25)13-11-19(21)5/h11,13,15-18H,6-10H2,1-5H3,(H,24,25). The van der Waals surface area contributed by atoms with Gasteiger partial charge in [0.15, 0.2) is 0 Å². The second-order valence-corrected chi connectivity index (χ2v) is 7.09.